The quantitative estimate of drug-likeness (QED) is 0.331. The van der Waals surface area contributed by atoms with Crippen LogP contribution in [0.2, 0.25) is 0 Å². The molecule has 1 aliphatic carbocycles. The Bertz CT molecular complexity index is 675. The first-order valence-electron chi connectivity index (χ1n) is 5.75. The summed E-state index contributed by atoms with van der Waals surface area (Å²) in [5.74, 6) is -2.27. The number of carbonyl (C=O) groups excluding carboxylic acids is 2. The van der Waals surface area contributed by atoms with Gasteiger partial charge >= 0.3 is 11.9 Å². The van der Waals surface area contributed by atoms with Crippen molar-refractivity contribution in [3.8, 4) is 5.75 Å². The summed E-state index contributed by atoms with van der Waals surface area (Å²) in [5.41, 5.74) is 0.828. The zero-order valence-corrected chi connectivity index (χ0v) is 11.4. The summed E-state index contributed by atoms with van der Waals surface area (Å²) >= 11 is 0. The average molecular weight is 299 g/mol. The van der Waals surface area contributed by atoms with E-state index in [4.69, 9.17) is 4.74 Å². The maximum Gasteiger partial charge on any atom is 0.422 e. The lowest BCUT2D eigenvalue weighted by atomic mass is 10.1. The highest BCUT2D eigenvalue weighted by Crippen LogP contribution is 2.35. The van der Waals surface area contributed by atoms with Gasteiger partial charge in [-0.25, -0.2) is 18.0 Å². The molecule has 0 spiro atoms. The van der Waals surface area contributed by atoms with Crippen LogP contribution in [0.4, 0.5) is 0 Å². The summed E-state index contributed by atoms with van der Waals surface area (Å²) in [5, 5.41) is 0. The average Bonchev–Trinajstić information content (AvgIpc) is 2.85. The Balaban J connectivity index is 2.41. The highest BCUT2D eigenvalue weighted by molar-refractivity contribution is 7.85. The largest absolute Gasteiger partial charge is 0.744 e. The Kier molecular flexibility index (Phi) is 3.78. The highest BCUT2D eigenvalue weighted by Gasteiger charge is 2.25. The Morgan fingerprint density at radius 2 is 1.80 bits per heavy atom. The van der Waals surface area contributed by atoms with Gasteiger partial charge in [0, 0.05) is 0 Å². The second kappa shape index (κ2) is 5.22. The molecule has 1 aromatic rings. The van der Waals surface area contributed by atoms with Crippen LogP contribution in [0.3, 0.4) is 0 Å². The molecule has 108 valence electrons. The second-order valence-electron chi connectivity index (χ2n) is 4.21. The van der Waals surface area contributed by atoms with Crippen molar-refractivity contribution in [1.29, 1.82) is 0 Å². The lowest BCUT2D eigenvalue weighted by molar-refractivity contribution is -0.160. The van der Waals surface area contributed by atoms with Crippen LogP contribution in [-0.4, -0.2) is 32.0 Å². The molecule has 0 atom stereocenters. The SMILES string of the molecule is COC(=O)C(=O)Oc1ccc(S(=O)(=O)[O-])c2c1CCC2. The summed E-state index contributed by atoms with van der Waals surface area (Å²) < 4.78 is 42.5. The molecule has 0 radical (unpaired) electrons. The van der Waals surface area contributed by atoms with Gasteiger partial charge in [-0.15, -0.1) is 0 Å². The molecule has 7 nitrogen and oxygen atoms in total. The summed E-state index contributed by atoms with van der Waals surface area (Å²) in [6.07, 6.45) is 1.53. The number of ether oxygens (including phenoxy) is 2. The topological polar surface area (TPSA) is 110 Å². The number of benzene rings is 1. The Labute approximate surface area is 115 Å². The summed E-state index contributed by atoms with van der Waals surface area (Å²) in [6.45, 7) is 0. The van der Waals surface area contributed by atoms with Crippen LogP contribution in [0.25, 0.3) is 0 Å². The minimum absolute atomic E-state index is 0.0836. The van der Waals surface area contributed by atoms with Crippen molar-refractivity contribution in [2.45, 2.75) is 24.2 Å². The molecule has 0 bridgehead atoms. The number of carbonyl (C=O) groups is 2. The van der Waals surface area contributed by atoms with Crippen LogP contribution in [-0.2, 0) is 37.3 Å². The van der Waals surface area contributed by atoms with E-state index in [2.05, 4.69) is 4.74 Å². The van der Waals surface area contributed by atoms with E-state index in [0.29, 0.717) is 30.4 Å². The summed E-state index contributed by atoms with van der Waals surface area (Å²) in [4.78, 5) is 22.0. The van der Waals surface area contributed by atoms with Crippen molar-refractivity contribution in [2.75, 3.05) is 7.11 Å². The lowest BCUT2D eigenvalue weighted by Crippen LogP contribution is -2.22. The van der Waals surface area contributed by atoms with Gasteiger partial charge in [0.15, 0.2) is 0 Å². The third-order valence-corrected chi connectivity index (χ3v) is 3.94. The fourth-order valence-corrected chi connectivity index (χ4v) is 2.96. The smallest absolute Gasteiger partial charge is 0.422 e. The molecule has 0 heterocycles. The van der Waals surface area contributed by atoms with Crippen molar-refractivity contribution in [3.05, 3.63) is 23.3 Å². The summed E-state index contributed by atoms with van der Waals surface area (Å²) in [7, 11) is -3.53. The van der Waals surface area contributed by atoms with Crippen molar-refractivity contribution in [2.24, 2.45) is 0 Å². The predicted molar refractivity (Wildman–Crippen MR) is 64.1 cm³/mol. The predicted octanol–water partition coefficient (Wildman–Crippen LogP) is 0.158. The fourth-order valence-electron chi connectivity index (χ4n) is 2.19. The second-order valence-corrected chi connectivity index (χ2v) is 5.56. The van der Waals surface area contributed by atoms with Crippen LogP contribution in [0.15, 0.2) is 17.0 Å². The van der Waals surface area contributed by atoms with Crippen molar-refractivity contribution >= 4 is 22.1 Å². The van der Waals surface area contributed by atoms with E-state index >= 15 is 0 Å². The van der Waals surface area contributed by atoms with Crippen LogP contribution < -0.4 is 4.74 Å². The third kappa shape index (κ3) is 2.66. The summed E-state index contributed by atoms with van der Waals surface area (Å²) in [6, 6.07) is 2.29. The Morgan fingerprint density at radius 3 is 2.40 bits per heavy atom. The van der Waals surface area contributed by atoms with E-state index in [9.17, 15) is 22.6 Å². The van der Waals surface area contributed by atoms with Crippen molar-refractivity contribution in [1.82, 2.24) is 0 Å². The van der Waals surface area contributed by atoms with Gasteiger partial charge in [-0.2, -0.15) is 0 Å². The molecule has 1 aliphatic rings. The van der Waals surface area contributed by atoms with Gasteiger partial charge in [0.2, 0.25) is 0 Å². The first kappa shape index (κ1) is 14.5. The van der Waals surface area contributed by atoms with E-state index in [-0.39, 0.29) is 10.6 Å². The molecule has 0 saturated carbocycles. The zero-order chi connectivity index (χ0) is 14.9. The molecule has 2 rings (SSSR count). The van der Waals surface area contributed by atoms with E-state index < -0.39 is 22.1 Å². The fraction of sp³-hybridized carbons (Fsp3) is 0.333. The Hall–Kier alpha value is -1.93. The highest BCUT2D eigenvalue weighted by atomic mass is 32.2. The molecular formula is C12H11O7S-. The first-order valence-corrected chi connectivity index (χ1v) is 7.16. The van der Waals surface area contributed by atoms with Gasteiger partial charge in [-0.3, -0.25) is 0 Å². The van der Waals surface area contributed by atoms with Gasteiger partial charge in [-0.05, 0) is 42.5 Å². The van der Waals surface area contributed by atoms with Crippen LogP contribution in [0.1, 0.15) is 17.5 Å². The van der Waals surface area contributed by atoms with Gasteiger partial charge in [0.25, 0.3) is 0 Å². The van der Waals surface area contributed by atoms with E-state index in [1.54, 1.807) is 0 Å². The zero-order valence-electron chi connectivity index (χ0n) is 10.5. The van der Waals surface area contributed by atoms with Gasteiger partial charge in [0.05, 0.1) is 12.0 Å². The number of hydrogen-bond acceptors (Lipinski definition) is 7. The molecule has 0 aliphatic heterocycles. The minimum atomic E-state index is -4.58. The standard InChI is InChI=1S/C12H12O7S/c1-18-11(13)12(14)19-9-5-6-10(20(15,16)17)8-4-2-3-7(8)9/h5-6H,2-4H2,1H3,(H,15,16,17)/p-1. The minimum Gasteiger partial charge on any atom is -0.744 e. The molecule has 1 aromatic carbocycles. The molecule has 0 amide bonds. The number of esters is 2. The number of hydrogen-bond donors (Lipinski definition) is 0. The van der Waals surface area contributed by atoms with E-state index in [0.717, 1.165) is 13.2 Å². The maximum atomic E-state index is 11.3. The number of methoxy groups -OCH3 is 1. The molecule has 8 heteroatoms. The molecule has 0 fully saturated rings. The molecule has 0 aromatic heterocycles. The number of fused-ring (bicyclic) bond motifs is 1. The van der Waals surface area contributed by atoms with Crippen molar-refractivity contribution < 1.29 is 32.0 Å². The van der Waals surface area contributed by atoms with Crippen LogP contribution >= 0.6 is 0 Å². The lowest BCUT2D eigenvalue weighted by Gasteiger charge is -2.14. The monoisotopic (exact) mass is 299 g/mol. The van der Waals surface area contributed by atoms with Gasteiger partial charge in [0.1, 0.15) is 15.9 Å². The Morgan fingerprint density at radius 1 is 1.15 bits per heavy atom. The molecule has 20 heavy (non-hydrogen) atoms. The van der Waals surface area contributed by atoms with E-state index in [1.165, 1.54) is 6.07 Å². The maximum absolute atomic E-state index is 11.3. The van der Waals surface area contributed by atoms with Crippen molar-refractivity contribution in [3.63, 3.8) is 0 Å². The van der Waals surface area contributed by atoms with Crippen LogP contribution in [0.5, 0.6) is 5.75 Å². The third-order valence-electron chi connectivity index (χ3n) is 3.02. The van der Waals surface area contributed by atoms with Gasteiger partial charge in [-0.1, -0.05) is 0 Å². The normalized spacial score (nSPS) is 13.7. The molecular weight excluding hydrogens is 288 g/mol. The number of rotatable bonds is 2. The molecule has 0 N–H and O–H groups in total. The first-order chi connectivity index (χ1) is 9.34. The van der Waals surface area contributed by atoms with E-state index in [1.807, 2.05) is 0 Å². The molecule has 0 unspecified atom stereocenters. The molecule has 0 saturated heterocycles. The van der Waals surface area contributed by atoms with Crippen LogP contribution in [0, 0.1) is 0 Å². The van der Waals surface area contributed by atoms with Gasteiger partial charge < -0.3 is 14.0 Å².